The maximum Gasteiger partial charge on any atom is 0.144 e. The monoisotopic (exact) mass is 224 g/mol. The Morgan fingerprint density at radius 1 is 1.57 bits per heavy atom. The van der Waals surface area contributed by atoms with E-state index < -0.39 is 0 Å². The lowest BCUT2D eigenvalue weighted by Crippen LogP contribution is -2.07. The van der Waals surface area contributed by atoms with Crippen LogP contribution in [0.4, 0.5) is 0 Å². The average molecular weight is 224 g/mol. The number of aromatic nitrogens is 1. The second-order valence-corrected chi connectivity index (χ2v) is 5.05. The highest BCUT2D eigenvalue weighted by molar-refractivity contribution is 8.23. The second-order valence-electron chi connectivity index (χ2n) is 2.98. The van der Waals surface area contributed by atoms with E-state index in [4.69, 9.17) is 17.5 Å². The molecule has 1 rings (SSSR count). The maximum atomic E-state index is 8.44. The predicted octanol–water partition coefficient (Wildman–Crippen LogP) is 3.05. The first-order chi connectivity index (χ1) is 6.74. The molecule has 0 saturated heterocycles. The predicted molar refractivity (Wildman–Crippen MR) is 64.3 cm³/mol. The van der Waals surface area contributed by atoms with Crippen LogP contribution < -0.4 is 0 Å². The van der Waals surface area contributed by atoms with Crippen LogP contribution in [-0.4, -0.2) is 14.1 Å². The Kier molecular flexibility index (Phi) is 4.71. The van der Waals surface area contributed by atoms with Crippen LogP contribution in [0.1, 0.15) is 19.8 Å². The van der Waals surface area contributed by atoms with Gasteiger partial charge in [0.2, 0.25) is 0 Å². The van der Waals surface area contributed by atoms with Crippen molar-refractivity contribution < 1.29 is 0 Å². The molecule has 1 aromatic rings. The first-order valence-electron chi connectivity index (χ1n) is 4.45. The molecular formula is C10H12N2S2. The molecule has 0 aromatic carbocycles. The van der Waals surface area contributed by atoms with Gasteiger partial charge in [-0.3, -0.25) is 0 Å². The van der Waals surface area contributed by atoms with Crippen LogP contribution in [0.3, 0.4) is 0 Å². The van der Waals surface area contributed by atoms with E-state index in [-0.39, 0.29) is 0 Å². The fourth-order valence-corrected chi connectivity index (χ4v) is 2.45. The van der Waals surface area contributed by atoms with E-state index in [1.54, 1.807) is 11.8 Å². The zero-order valence-electron chi connectivity index (χ0n) is 8.01. The number of hydrogen-bond donors (Lipinski definition) is 0. The fourth-order valence-electron chi connectivity index (χ4n) is 1.02. The lowest BCUT2D eigenvalue weighted by Gasteiger charge is -2.10. The minimum Gasteiger partial charge on any atom is -0.310 e. The van der Waals surface area contributed by atoms with Crippen molar-refractivity contribution in [2.45, 2.75) is 25.0 Å². The molecule has 0 spiro atoms. The van der Waals surface area contributed by atoms with Gasteiger partial charge in [0.05, 0.1) is 6.07 Å². The van der Waals surface area contributed by atoms with E-state index in [9.17, 15) is 0 Å². The highest BCUT2D eigenvalue weighted by Crippen LogP contribution is 2.18. The fraction of sp³-hybridized carbons (Fsp3) is 0.400. The number of hydrogen-bond acceptors (Lipinski definition) is 3. The largest absolute Gasteiger partial charge is 0.310 e. The summed E-state index contributed by atoms with van der Waals surface area (Å²) in [4.78, 5) is 0. The zero-order chi connectivity index (χ0) is 10.4. The van der Waals surface area contributed by atoms with Crippen LogP contribution in [0.5, 0.6) is 0 Å². The average Bonchev–Trinajstić information content (AvgIpc) is 2.67. The molecule has 1 atom stereocenters. The van der Waals surface area contributed by atoms with Crippen molar-refractivity contribution in [2.75, 3.05) is 0 Å². The molecule has 0 aliphatic heterocycles. The first kappa shape index (κ1) is 11.3. The Balaban J connectivity index is 2.38. The topological polar surface area (TPSA) is 28.7 Å². The normalized spacial score (nSPS) is 12.0. The van der Waals surface area contributed by atoms with E-state index in [1.165, 1.54) is 0 Å². The standard InChI is InChI=1S/C10H12N2S2/c1-9(5-4-6-11)14-10(13)12-7-2-3-8-12/h2-3,7-9H,4-5H2,1H3. The van der Waals surface area contributed by atoms with Crippen molar-refractivity contribution in [3.05, 3.63) is 24.5 Å². The molecule has 0 saturated carbocycles. The summed E-state index contributed by atoms with van der Waals surface area (Å²) in [6.45, 7) is 2.10. The van der Waals surface area contributed by atoms with Gasteiger partial charge in [-0.1, -0.05) is 30.9 Å². The summed E-state index contributed by atoms with van der Waals surface area (Å²) in [5.74, 6) is 0. The van der Waals surface area contributed by atoms with Gasteiger partial charge in [-0.2, -0.15) is 5.26 Å². The van der Waals surface area contributed by atoms with Crippen LogP contribution in [0.2, 0.25) is 0 Å². The van der Waals surface area contributed by atoms with Crippen molar-refractivity contribution in [1.82, 2.24) is 4.57 Å². The van der Waals surface area contributed by atoms with Crippen molar-refractivity contribution in [2.24, 2.45) is 0 Å². The highest BCUT2D eigenvalue weighted by Gasteiger charge is 2.06. The molecule has 4 heteroatoms. The van der Waals surface area contributed by atoms with Crippen molar-refractivity contribution >= 4 is 28.3 Å². The molecule has 0 amide bonds. The summed E-state index contributed by atoms with van der Waals surface area (Å²) in [7, 11) is 0. The molecule has 0 fully saturated rings. The Bertz CT molecular complexity index is 324. The summed E-state index contributed by atoms with van der Waals surface area (Å²) in [6, 6.07) is 6.05. The van der Waals surface area contributed by atoms with E-state index in [1.807, 2.05) is 29.1 Å². The minimum absolute atomic E-state index is 0.407. The summed E-state index contributed by atoms with van der Waals surface area (Å²) in [5, 5.41) is 8.84. The van der Waals surface area contributed by atoms with Gasteiger partial charge in [0.15, 0.2) is 0 Å². The van der Waals surface area contributed by atoms with Gasteiger partial charge in [0, 0.05) is 24.1 Å². The van der Waals surface area contributed by atoms with Crippen LogP contribution in [0.25, 0.3) is 0 Å². The summed E-state index contributed by atoms with van der Waals surface area (Å²) in [6.07, 6.45) is 5.36. The third-order valence-corrected chi connectivity index (χ3v) is 3.33. The van der Waals surface area contributed by atoms with Crippen molar-refractivity contribution in [3.8, 4) is 6.07 Å². The van der Waals surface area contributed by atoms with Crippen LogP contribution in [0.15, 0.2) is 24.5 Å². The Labute approximate surface area is 93.9 Å². The van der Waals surface area contributed by atoms with E-state index in [0.717, 1.165) is 10.7 Å². The summed E-state index contributed by atoms with van der Waals surface area (Å²) in [5.41, 5.74) is 0. The van der Waals surface area contributed by atoms with Gasteiger partial charge < -0.3 is 4.57 Å². The molecule has 74 valence electrons. The molecule has 0 radical (unpaired) electrons. The van der Waals surface area contributed by atoms with Gasteiger partial charge in [-0.15, -0.1) is 0 Å². The lowest BCUT2D eigenvalue weighted by atomic mass is 10.3. The molecule has 1 heterocycles. The minimum atomic E-state index is 0.407. The number of thiocarbonyl (C=S) groups is 1. The smallest absolute Gasteiger partial charge is 0.144 e. The van der Waals surface area contributed by atoms with Gasteiger partial charge in [-0.05, 0) is 18.6 Å². The van der Waals surface area contributed by atoms with Crippen molar-refractivity contribution in [3.63, 3.8) is 0 Å². The molecule has 0 bridgehead atoms. The third-order valence-electron chi connectivity index (χ3n) is 1.78. The number of thioether (sulfide) groups is 1. The zero-order valence-corrected chi connectivity index (χ0v) is 9.64. The highest BCUT2D eigenvalue weighted by atomic mass is 32.2. The molecule has 1 unspecified atom stereocenters. The molecule has 0 aliphatic carbocycles. The third kappa shape index (κ3) is 3.52. The van der Waals surface area contributed by atoms with Crippen LogP contribution in [-0.2, 0) is 0 Å². The van der Waals surface area contributed by atoms with Crippen molar-refractivity contribution in [1.29, 1.82) is 5.26 Å². The van der Waals surface area contributed by atoms with Crippen LogP contribution in [0, 0.1) is 11.3 Å². The van der Waals surface area contributed by atoms with Gasteiger partial charge in [0.1, 0.15) is 4.32 Å². The molecule has 14 heavy (non-hydrogen) atoms. The molecular weight excluding hydrogens is 212 g/mol. The number of nitrogens with zero attached hydrogens (tertiary/aromatic N) is 2. The van der Waals surface area contributed by atoms with E-state index >= 15 is 0 Å². The Morgan fingerprint density at radius 3 is 2.79 bits per heavy atom. The molecule has 0 aliphatic rings. The number of nitriles is 1. The molecule has 0 N–H and O–H groups in total. The maximum absolute atomic E-state index is 8.44. The lowest BCUT2D eigenvalue weighted by molar-refractivity contribution is 0.842. The van der Waals surface area contributed by atoms with Crippen LogP contribution >= 0.6 is 24.0 Å². The molecule has 2 nitrogen and oxygen atoms in total. The molecule has 1 aromatic heterocycles. The van der Waals surface area contributed by atoms with E-state index in [0.29, 0.717) is 11.7 Å². The Hall–Kier alpha value is -0.790. The van der Waals surface area contributed by atoms with Gasteiger partial charge >= 0.3 is 0 Å². The number of rotatable bonds is 3. The van der Waals surface area contributed by atoms with Gasteiger partial charge in [-0.25, -0.2) is 0 Å². The SMILES string of the molecule is CC(CCC#N)SC(=S)n1cccc1. The Morgan fingerprint density at radius 2 is 2.21 bits per heavy atom. The summed E-state index contributed by atoms with van der Waals surface area (Å²) < 4.78 is 2.77. The van der Waals surface area contributed by atoms with E-state index in [2.05, 4.69) is 13.0 Å². The summed E-state index contributed by atoms with van der Waals surface area (Å²) >= 11 is 6.88. The first-order valence-corrected chi connectivity index (χ1v) is 5.73. The quantitative estimate of drug-likeness (QED) is 0.739. The van der Waals surface area contributed by atoms with Gasteiger partial charge in [0.25, 0.3) is 0 Å². The second kappa shape index (κ2) is 5.84.